The van der Waals surface area contributed by atoms with Crippen molar-refractivity contribution in [1.82, 2.24) is 20.5 Å². The molecule has 1 fully saturated rings. The molecular weight excluding hydrogens is 525 g/mol. The quantitative estimate of drug-likeness (QED) is 0.206. The van der Waals surface area contributed by atoms with Crippen LogP contribution in [-0.4, -0.2) is 80.1 Å². The first-order valence-corrected chi connectivity index (χ1v) is 10.9. The summed E-state index contributed by atoms with van der Waals surface area (Å²) in [6.07, 6.45) is 5.95. The van der Waals surface area contributed by atoms with Gasteiger partial charge in [0.1, 0.15) is 18.0 Å². The Kier molecular flexibility index (Phi) is 13.3. The van der Waals surface area contributed by atoms with Gasteiger partial charge in [-0.3, -0.25) is 9.98 Å². The molecule has 0 unspecified atom stereocenters. The first kappa shape index (κ1) is 28.2. The Balaban J connectivity index is 0.00000512. The molecule has 0 atom stereocenters. The van der Waals surface area contributed by atoms with Gasteiger partial charge in [-0.15, -0.1) is 24.0 Å². The van der Waals surface area contributed by atoms with Crippen molar-refractivity contribution >= 4 is 36.0 Å². The number of carbonyl (C=O) groups is 1. The van der Waals surface area contributed by atoms with Crippen LogP contribution in [0.3, 0.4) is 0 Å². The number of aromatic nitrogens is 1. The van der Waals surface area contributed by atoms with Crippen molar-refractivity contribution in [1.29, 1.82) is 0 Å². The summed E-state index contributed by atoms with van der Waals surface area (Å²) in [7, 11) is 1.80. The lowest BCUT2D eigenvalue weighted by Crippen LogP contribution is -2.47. The molecule has 1 aromatic heterocycles. The molecule has 2 heterocycles. The molecule has 0 aliphatic carbocycles. The van der Waals surface area contributed by atoms with Crippen molar-refractivity contribution in [2.75, 3.05) is 46.4 Å². The predicted molar refractivity (Wildman–Crippen MR) is 136 cm³/mol. The Morgan fingerprint density at radius 2 is 1.97 bits per heavy atom. The maximum Gasteiger partial charge on any atom is 0.407 e. The Hall–Kier alpha value is -1.82. The number of nitrogens with one attached hydrogen (secondary N) is 2. The summed E-state index contributed by atoms with van der Waals surface area (Å²) < 4.78 is 16.8. The van der Waals surface area contributed by atoms with Crippen LogP contribution >= 0.6 is 24.0 Å². The summed E-state index contributed by atoms with van der Waals surface area (Å²) in [5, 5.41) is 6.10. The zero-order valence-corrected chi connectivity index (χ0v) is 22.0. The molecule has 9 nitrogen and oxygen atoms in total. The van der Waals surface area contributed by atoms with E-state index < -0.39 is 5.60 Å². The highest BCUT2D eigenvalue weighted by Gasteiger charge is 2.22. The Morgan fingerprint density at radius 3 is 2.59 bits per heavy atom. The minimum absolute atomic E-state index is 0. The fourth-order valence-corrected chi connectivity index (χ4v) is 3.16. The highest BCUT2D eigenvalue weighted by atomic mass is 127. The summed E-state index contributed by atoms with van der Waals surface area (Å²) >= 11 is 0. The first-order valence-electron chi connectivity index (χ1n) is 10.9. The molecule has 1 aliphatic rings. The lowest BCUT2D eigenvalue weighted by atomic mass is 10.1. The van der Waals surface area contributed by atoms with Crippen molar-refractivity contribution in [2.24, 2.45) is 4.99 Å². The molecule has 1 aromatic rings. The van der Waals surface area contributed by atoms with Crippen LogP contribution in [0.1, 0.15) is 40.0 Å². The molecule has 0 bridgehead atoms. The van der Waals surface area contributed by atoms with Crippen LogP contribution in [-0.2, 0) is 9.47 Å². The van der Waals surface area contributed by atoms with Crippen molar-refractivity contribution < 1.29 is 19.0 Å². The standard InChI is InChI=1S/C22H37N5O4.HI/c1-22(2,3)31-21(28)26-11-6-15-29-18-8-13-27(14-9-18)20(23-4)25-12-16-30-19-7-5-10-24-17-19;/h5,7,10,17-18H,6,8-9,11-16H2,1-4H3,(H,23,25)(H,26,28);1H. The van der Waals surface area contributed by atoms with Gasteiger partial charge in [0.15, 0.2) is 5.96 Å². The van der Waals surface area contributed by atoms with E-state index in [9.17, 15) is 4.79 Å². The SMILES string of the molecule is CN=C(NCCOc1cccnc1)N1CCC(OCCCNC(=O)OC(C)(C)C)CC1.I. The van der Waals surface area contributed by atoms with Gasteiger partial charge < -0.3 is 29.7 Å². The minimum Gasteiger partial charge on any atom is -0.490 e. The molecule has 10 heteroatoms. The molecule has 0 radical (unpaired) electrons. The summed E-state index contributed by atoms with van der Waals surface area (Å²) in [6, 6.07) is 3.74. The molecule has 2 N–H and O–H groups in total. The van der Waals surface area contributed by atoms with Crippen LogP contribution in [0.5, 0.6) is 5.75 Å². The Morgan fingerprint density at radius 1 is 1.22 bits per heavy atom. The van der Waals surface area contributed by atoms with E-state index in [0.29, 0.717) is 26.3 Å². The predicted octanol–water partition coefficient (Wildman–Crippen LogP) is 3.05. The number of alkyl carbamates (subject to hydrolysis) is 1. The smallest absolute Gasteiger partial charge is 0.407 e. The second kappa shape index (κ2) is 15.1. The van der Waals surface area contributed by atoms with Crippen molar-refractivity contribution in [3.05, 3.63) is 24.5 Å². The number of carbonyl (C=O) groups excluding carboxylic acids is 1. The van der Waals surface area contributed by atoms with E-state index in [4.69, 9.17) is 14.2 Å². The van der Waals surface area contributed by atoms with Crippen molar-refractivity contribution in [3.63, 3.8) is 0 Å². The highest BCUT2D eigenvalue weighted by Crippen LogP contribution is 2.14. The van der Waals surface area contributed by atoms with Gasteiger partial charge in [-0.25, -0.2) is 4.79 Å². The number of halogens is 1. The van der Waals surface area contributed by atoms with E-state index in [-0.39, 0.29) is 36.2 Å². The van der Waals surface area contributed by atoms with Crippen LogP contribution in [0.15, 0.2) is 29.5 Å². The number of hydrogen-bond donors (Lipinski definition) is 2. The number of aliphatic imine (C=N–C) groups is 1. The van der Waals surface area contributed by atoms with Gasteiger partial charge >= 0.3 is 6.09 Å². The zero-order valence-electron chi connectivity index (χ0n) is 19.6. The summed E-state index contributed by atoms with van der Waals surface area (Å²) in [5.74, 6) is 1.65. The third kappa shape index (κ3) is 11.7. The van der Waals surface area contributed by atoms with Gasteiger partial charge in [0, 0.05) is 39.5 Å². The van der Waals surface area contributed by atoms with E-state index in [1.807, 2.05) is 32.9 Å². The number of nitrogens with zero attached hydrogens (tertiary/aromatic N) is 3. The van der Waals surface area contributed by atoms with Gasteiger partial charge in [-0.2, -0.15) is 0 Å². The van der Waals surface area contributed by atoms with Crippen LogP contribution in [0.2, 0.25) is 0 Å². The highest BCUT2D eigenvalue weighted by molar-refractivity contribution is 14.0. The Labute approximate surface area is 208 Å². The fourth-order valence-electron chi connectivity index (χ4n) is 3.16. The second-order valence-corrected chi connectivity index (χ2v) is 8.35. The van der Waals surface area contributed by atoms with Crippen molar-refractivity contribution in [2.45, 2.75) is 51.7 Å². The van der Waals surface area contributed by atoms with Crippen LogP contribution in [0, 0.1) is 0 Å². The van der Waals surface area contributed by atoms with E-state index >= 15 is 0 Å². The third-order valence-electron chi connectivity index (χ3n) is 4.58. The van der Waals surface area contributed by atoms with Gasteiger partial charge in [0.05, 0.1) is 18.8 Å². The minimum atomic E-state index is -0.476. The normalized spacial score (nSPS) is 15.0. The second-order valence-electron chi connectivity index (χ2n) is 8.35. The molecule has 1 aliphatic heterocycles. The average Bonchev–Trinajstić information content (AvgIpc) is 2.74. The van der Waals surface area contributed by atoms with Crippen molar-refractivity contribution in [3.8, 4) is 5.75 Å². The van der Waals surface area contributed by atoms with Crippen LogP contribution in [0.25, 0.3) is 0 Å². The topological polar surface area (TPSA) is 97.3 Å². The van der Waals surface area contributed by atoms with Gasteiger partial charge in [0.2, 0.25) is 0 Å². The molecule has 2 rings (SSSR count). The van der Waals surface area contributed by atoms with Gasteiger partial charge in [0.25, 0.3) is 0 Å². The summed E-state index contributed by atoms with van der Waals surface area (Å²) in [5.41, 5.74) is -0.476. The van der Waals surface area contributed by atoms with Crippen LogP contribution < -0.4 is 15.4 Å². The number of guanidine groups is 1. The monoisotopic (exact) mass is 563 g/mol. The summed E-state index contributed by atoms with van der Waals surface area (Å²) in [4.78, 5) is 22.3. The first-order chi connectivity index (χ1) is 14.9. The van der Waals surface area contributed by atoms with Crippen LogP contribution in [0.4, 0.5) is 4.79 Å². The maximum absolute atomic E-state index is 11.6. The maximum atomic E-state index is 11.6. The molecule has 32 heavy (non-hydrogen) atoms. The molecule has 0 aromatic carbocycles. The molecule has 182 valence electrons. The number of hydrogen-bond acceptors (Lipinski definition) is 6. The van der Waals surface area contributed by atoms with Gasteiger partial charge in [-0.1, -0.05) is 0 Å². The van der Waals surface area contributed by atoms with Gasteiger partial charge in [-0.05, 0) is 52.2 Å². The van der Waals surface area contributed by atoms with E-state index in [0.717, 1.165) is 44.1 Å². The number of pyridine rings is 1. The molecule has 0 spiro atoms. The lowest BCUT2D eigenvalue weighted by Gasteiger charge is -2.34. The number of rotatable bonds is 9. The molecule has 1 amide bonds. The fraction of sp³-hybridized carbons (Fsp3) is 0.682. The van der Waals surface area contributed by atoms with E-state index in [1.165, 1.54) is 0 Å². The third-order valence-corrected chi connectivity index (χ3v) is 4.58. The zero-order chi connectivity index (χ0) is 22.5. The largest absolute Gasteiger partial charge is 0.490 e. The number of ether oxygens (including phenoxy) is 3. The van der Waals surface area contributed by atoms with E-state index in [1.54, 1.807) is 19.4 Å². The molecular formula is C22H38IN5O4. The number of likely N-dealkylation sites (tertiary alicyclic amines) is 1. The summed E-state index contributed by atoms with van der Waals surface area (Å²) in [6.45, 7) is 9.72. The molecule has 0 saturated carbocycles. The molecule has 1 saturated heterocycles. The number of piperidine rings is 1. The average molecular weight is 563 g/mol. The Bertz CT molecular complexity index is 677. The van der Waals surface area contributed by atoms with E-state index in [2.05, 4.69) is 25.5 Å². The number of amides is 1. The lowest BCUT2D eigenvalue weighted by molar-refractivity contribution is 0.0170.